The van der Waals surface area contributed by atoms with Crippen LogP contribution in [0.1, 0.15) is 47.4 Å². The van der Waals surface area contributed by atoms with Gasteiger partial charge in [-0.05, 0) is 47.2 Å². The molecular formula is C32H31BrN2O4. The second kappa shape index (κ2) is 12.0. The molecule has 1 aromatic heterocycles. The number of aromatic nitrogens is 1. The molecule has 0 radical (unpaired) electrons. The van der Waals surface area contributed by atoms with Gasteiger partial charge in [-0.2, -0.15) is 0 Å². The zero-order valence-corrected chi connectivity index (χ0v) is 23.4. The number of nitrogens with zero attached hydrogens (tertiary/aromatic N) is 1. The molecule has 3 aromatic carbocycles. The summed E-state index contributed by atoms with van der Waals surface area (Å²) in [6.07, 6.45) is 5.63. The quantitative estimate of drug-likeness (QED) is 0.224. The lowest BCUT2D eigenvalue weighted by Crippen LogP contribution is -2.42. The van der Waals surface area contributed by atoms with Crippen molar-refractivity contribution in [2.24, 2.45) is 5.92 Å². The Balaban J connectivity index is 1.41. The number of carbonyl (C=O) groups excluding carboxylic acids is 1. The van der Waals surface area contributed by atoms with E-state index in [0.29, 0.717) is 11.7 Å². The first-order valence-corrected chi connectivity index (χ1v) is 14.1. The topological polar surface area (TPSA) is 88.5 Å². The number of carbonyl (C=O) groups is 2. The molecule has 0 unspecified atom stereocenters. The molecule has 1 fully saturated rings. The maximum atomic E-state index is 13.4. The number of rotatable bonds is 9. The number of pyridine rings is 1. The molecular weight excluding hydrogens is 556 g/mol. The lowest BCUT2D eigenvalue weighted by molar-refractivity contribution is -0.139. The van der Waals surface area contributed by atoms with Gasteiger partial charge in [0, 0.05) is 21.7 Å². The van der Waals surface area contributed by atoms with E-state index in [1.165, 1.54) is 12.8 Å². The summed E-state index contributed by atoms with van der Waals surface area (Å²) in [5, 5.41) is 14.4. The zero-order chi connectivity index (χ0) is 27.4. The molecule has 5 rings (SSSR count). The molecule has 1 aliphatic rings. The Morgan fingerprint density at radius 3 is 2.38 bits per heavy atom. The van der Waals surface area contributed by atoms with Gasteiger partial charge in [0.15, 0.2) is 0 Å². The van der Waals surface area contributed by atoms with Crippen molar-refractivity contribution in [3.8, 4) is 16.9 Å². The van der Waals surface area contributed by atoms with Crippen LogP contribution >= 0.6 is 15.9 Å². The standard InChI is InChI=1S/C32H31BrN2O4/c1-39-29-16-15-25(33)30-24(29)19-27(34-26(30)17-20-7-5-6-8-20)31(36)35-28(32(37)38)18-21-11-13-23(14-12-21)22-9-3-2-4-10-22/h2-4,9-16,19-20,28H,5-8,17-18H2,1H3,(H,35,36)(H,37,38)/t28-/m0/s1. The third-order valence-electron chi connectivity index (χ3n) is 7.49. The largest absolute Gasteiger partial charge is 0.496 e. The van der Waals surface area contributed by atoms with Crippen LogP contribution in [0, 0.1) is 5.92 Å². The van der Waals surface area contributed by atoms with E-state index in [1.807, 2.05) is 66.7 Å². The minimum absolute atomic E-state index is 0.160. The molecule has 0 aliphatic heterocycles. The summed E-state index contributed by atoms with van der Waals surface area (Å²) in [6.45, 7) is 0. The normalized spacial score (nSPS) is 14.3. The first-order chi connectivity index (χ1) is 18.9. The highest BCUT2D eigenvalue weighted by atomic mass is 79.9. The predicted molar refractivity (Wildman–Crippen MR) is 156 cm³/mol. The monoisotopic (exact) mass is 586 g/mol. The number of amides is 1. The number of ether oxygens (including phenoxy) is 1. The van der Waals surface area contributed by atoms with E-state index in [1.54, 1.807) is 13.2 Å². The number of fused-ring (bicyclic) bond motifs is 1. The van der Waals surface area contributed by atoms with Gasteiger partial charge in [-0.1, -0.05) is 96.2 Å². The summed E-state index contributed by atoms with van der Waals surface area (Å²) in [5.74, 6) is -0.448. The van der Waals surface area contributed by atoms with Crippen molar-refractivity contribution in [1.29, 1.82) is 0 Å². The molecule has 1 atom stereocenters. The minimum Gasteiger partial charge on any atom is -0.496 e. The van der Waals surface area contributed by atoms with E-state index in [0.717, 1.165) is 56.9 Å². The Morgan fingerprint density at radius 2 is 1.72 bits per heavy atom. The Kier molecular flexibility index (Phi) is 8.27. The summed E-state index contributed by atoms with van der Waals surface area (Å²) in [7, 11) is 1.60. The van der Waals surface area contributed by atoms with Crippen LogP contribution in [0.15, 0.2) is 77.3 Å². The fourth-order valence-electron chi connectivity index (χ4n) is 5.44. The van der Waals surface area contributed by atoms with Gasteiger partial charge in [-0.25, -0.2) is 9.78 Å². The third-order valence-corrected chi connectivity index (χ3v) is 8.15. The van der Waals surface area contributed by atoms with Gasteiger partial charge in [0.1, 0.15) is 17.5 Å². The smallest absolute Gasteiger partial charge is 0.326 e. The second-order valence-electron chi connectivity index (χ2n) is 10.1. The molecule has 6 nitrogen and oxygen atoms in total. The summed E-state index contributed by atoms with van der Waals surface area (Å²) in [6, 6.07) is 22.1. The van der Waals surface area contributed by atoms with E-state index in [2.05, 4.69) is 21.2 Å². The van der Waals surface area contributed by atoms with Crippen LogP contribution < -0.4 is 10.1 Å². The van der Waals surface area contributed by atoms with Crippen LogP contribution in [0.4, 0.5) is 0 Å². The van der Waals surface area contributed by atoms with Crippen LogP contribution in [0.3, 0.4) is 0 Å². The number of benzene rings is 3. The molecule has 1 saturated carbocycles. The van der Waals surface area contributed by atoms with Crippen LogP contribution in [-0.2, 0) is 17.6 Å². The molecule has 0 saturated heterocycles. The van der Waals surface area contributed by atoms with E-state index in [4.69, 9.17) is 9.72 Å². The predicted octanol–water partition coefficient (Wildman–Crippen LogP) is 6.83. The average molecular weight is 588 g/mol. The molecule has 4 aromatic rings. The molecule has 39 heavy (non-hydrogen) atoms. The third kappa shape index (κ3) is 6.14. The van der Waals surface area contributed by atoms with Gasteiger partial charge >= 0.3 is 5.97 Å². The first kappa shape index (κ1) is 26.9. The van der Waals surface area contributed by atoms with Crippen molar-refractivity contribution in [2.75, 3.05) is 7.11 Å². The highest BCUT2D eigenvalue weighted by molar-refractivity contribution is 9.10. The van der Waals surface area contributed by atoms with Gasteiger partial charge in [0.2, 0.25) is 0 Å². The van der Waals surface area contributed by atoms with Crippen molar-refractivity contribution in [3.05, 3.63) is 94.2 Å². The molecule has 200 valence electrons. The van der Waals surface area contributed by atoms with Gasteiger partial charge < -0.3 is 15.2 Å². The minimum atomic E-state index is -1.10. The van der Waals surface area contributed by atoms with Crippen LogP contribution in [0.25, 0.3) is 21.9 Å². The Hall–Kier alpha value is -3.71. The maximum absolute atomic E-state index is 13.4. The lowest BCUT2D eigenvalue weighted by atomic mass is 9.97. The molecule has 0 bridgehead atoms. The second-order valence-corrected chi connectivity index (χ2v) is 11.0. The summed E-state index contributed by atoms with van der Waals surface area (Å²) < 4.78 is 6.50. The lowest BCUT2D eigenvalue weighted by Gasteiger charge is -2.18. The number of aliphatic carboxylic acids is 1. The van der Waals surface area contributed by atoms with E-state index in [9.17, 15) is 14.7 Å². The fourth-order valence-corrected chi connectivity index (χ4v) is 6.02. The van der Waals surface area contributed by atoms with Gasteiger partial charge in [-0.15, -0.1) is 0 Å². The van der Waals surface area contributed by atoms with Crippen LogP contribution in [-0.4, -0.2) is 35.1 Å². The van der Waals surface area contributed by atoms with Gasteiger partial charge in [0.05, 0.1) is 12.8 Å². The SMILES string of the molecule is COc1ccc(Br)c2c(CC3CCCC3)nc(C(=O)N[C@@H](Cc3ccc(-c4ccccc4)cc3)C(=O)O)cc12. The number of carboxylic acids is 1. The van der Waals surface area contributed by atoms with Crippen LogP contribution in [0.5, 0.6) is 5.75 Å². The molecule has 1 amide bonds. The number of methoxy groups -OCH3 is 1. The Morgan fingerprint density at radius 1 is 1.03 bits per heavy atom. The zero-order valence-electron chi connectivity index (χ0n) is 21.8. The van der Waals surface area contributed by atoms with E-state index >= 15 is 0 Å². The Labute approximate surface area is 236 Å². The average Bonchev–Trinajstić information content (AvgIpc) is 3.46. The molecule has 7 heteroatoms. The number of hydrogen-bond acceptors (Lipinski definition) is 4. The van der Waals surface area contributed by atoms with Crippen LogP contribution in [0.2, 0.25) is 0 Å². The summed E-state index contributed by atoms with van der Waals surface area (Å²) in [5.41, 5.74) is 3.98. The maximum Gasteiger partial charge on any atom is 0.326 e. The van der Waals surface area contributed by atoms with Crippen molar-refractivity contribution in [1.82, 2.24) is 10.3 Å². The Bertz CT molecular complexity index is 1480. The number of nitrogens with one attached hydrogen (secondary N) is 1. The highest BCUT2D eigenvalue weighted by Crippen LogP contribution is 2.37. The number of halogens is 1. The molecule has 2 N–H and O–H groups in total. The highest BCUT2D eigenvalue weighted by Gasteiger charge is 2.25. The van der Waals surface area contributed by atoms with E-state index in [-0.39, 0.29) is 12.1 Å². The fraction of sp³-hybridized carbons (Fsp3) is 0.281. The first-order valence-electron chi connectivity index (χ1n) is 13.3. The number of hydrogen-bond donors (Lipinski definition) is 2. The molecule has 0 spiro atoms. The molecule has 1 aliphatic carbocycles. The van der Waals surface area contributed by atoms with Crippen molar-refractivity contribution >= 4 is 38.6 Å². The van der Waals surface area contributed by atoms with Crippen molar-refractivity contribution in [2.45, 2.75) is 44.6 Å². The van der Waals surface area contributed by atoms with Crippen molar-refractivity contribution < 1.29 is 19.4 Å². The van der Waals surface area contributed by atoms with Gasteiger partial charge in [-0.3, -0.25) is 4.79 Å². The number of carboxylic acid groups (broad SMARTS) is 1. The van der Waals surface area contributed by atoms with Gasteiger partial charge in [0.25, 0.3) is 5.91 Å². The summed E-state index contributed by atoms with van der Waals surface area (Å²) in [4.78, 5) is 30.3. The summed E-state index contributed by atoms with van der Waals surface area (Å²) >= 11 is 3.66. The molecule has 1 heterocycles. The van der Waals surface area contributed by atoms with Crippen molar-refractivity contribution in [3.63, 3.8) is 0 Å². The van der Waals surface area contributed by atoms with E-state index < -0.39 is 17.9 Å².